The Balaban J connectivity index is 2.01. The van der Waals surface area contributed by atoms with E-state index in [9.17, 15) is 13.2 Å². The number of nitrogens with one attached hydrogen (secondary N) is 3. The van der Waals surface area contributed by atoms with Gasteiger partial charge in [0, 0.05) is 11.7 Å². The van der Waals surface area contributed by atoms with E-state index in [-0.39, 0.29) is 11.7 Å². The summed E-state index contributed by atoms with van der Waals surface area (Å²) in [5.41, 5.74) is 0.649. The van der Waals surface area contributed by atoms with E-state index in [1.807, 2.05) is 6.92 Å². The van der Waals surface area contributed by atoms with Gasteiger partial charge in [0.2, 0.25) is 10.0 Å². The van der Waals surface area contributed by atoms with E-state index in [1.165, 1.54) is 19.5 Å². The molecule has 2 aromatic rings. The number of hydrogen-bond donors (Lipinski definition) is 3. The van der Waals surface area contributed by atoms with Gasteiger partial charge in [-0.05, 0) is 25.1 Å². The van der Waals surface area contributed by atoms with Crippen molar-refractivity contribution in [1.29, 1.82) is 0 Å². The molecule has 0 saturated heterocycles. The van der Waals surface area contributed by atoms with Gasteiger partial charge in [0.25, 0.3) is 0 Å². The van der Waals surface area contributed by atoms with Gasteiger partial charge in [0.1, 0.15) is 18.4 Å². The van der Waals surface area contributed by atoms with Crippen molar-refractivity contribution in [3.63, 3.8) is 0 Å². The summed E-state index contributed by atoms with van der Waals surface area (Å²) in [6, 6.07) is 4.02. The number of anilines is 2. The second-order valence-corrected chi connectivity index (χ2v) is 7.15. The number of urea groups is 1. The van der Waals surface area contributed by atoms with Gasteiger partial charge in [0.05, 0.1) is 25.6 Å². The fraction of sp³-hybridized carbons (Fsp3) is 0.357. The Labute approximate surface area is 145 Å². The number of aromatic nitrogens is 3. The van der Waals surface area contributed by atoms with Gasteiger partial charge in [-0.3, -0.25) is 9.40 Å². The van der Waals surface area contributed by atoms with Crippen LogP contribution in [0, 0.1) is 0 Å². The summed E-state index contributed by atoms with van der Waals surface area (Å²) in [6.45, 7) is 2.29. The molecule has 1 heterocycles. The molecule has 0 bridgehead atoms. The van der Waals surface area contributed by atoms with Gasteiger partial charge in [0.15, 0.2) is 0 Å². The summed E-state index contributed by atoms with van der Waals surface area (Å²) in [5, 5.41) is 9.37. The van der Waals surface area contributed by atoms with Crippen molar-refractivity contribution < 1.29 is 17.9 Å². The highest BCUT2D eigenvalue weighted by molar-refractivity contribution is 7.92. The molecule has 0 aliphatic rings. The third kappa shape index (κ3) is 5.95. The Morgan fingerprint density at radius 1 is 1.40 bits per heavy atom. The monoisotopic (exact) mass is 368 g/mol. The first-order chi connectivity index (χ1) is 11.8. The van der Waals surface area contributed by atoms with Gasteiger partial charge < -0.3 is 15.4 Å². The number of benzene rings is 1. The molecular formula is C14H20N6O4S. The van der Waals surface area contributed by atoms with Crippen LogP contribution in [0.25, 0.3) is 0 Å². The number of rotatable bonds is 7. The number of carbonyl (C=O) groups is 1. The molecule has 10 nitrogen and oxygen atoms in total. The van der Waals surface area contributed by atoms with Crippen LogP contribution in [0.2, 0.25) is 0 Å². The zero-order valence-electron chi connectivity index (χ0n) is 14.1. The second kappa shape index (κ2) is 7.83. The van der Waals surface area contributed by atoms with Crippen LogP contribution < -0.4 is 20.1 Å². The van der Waals surface area contributed by atoms with E-state index in [1.54, 1.807) is 23.1 Å². The van der Waals surface area contributed by atoms with Crippen molar-refractivity contribution in [2.75, 3.05) is 23.4 Å². The van der Waals surface area contributed by atoms with Crippen molar-refractivity contribution in [3.8, 4) is 5.75 Å². The predicted molar refractivity (Wildman–Crippen MR) is 93.1 cm³/mol. The number of nitrogens with zero attached hydrogens (tertiary/aromatic N) is 3. The maximum atomic E-state index is 12.1. The molecule has 0 spiro atoms. The van der Waals surface area contributed by atoms with Gasteiger partial charge in [-0.15, -0.1) is 0 Å². The van der Waals surface area contributed by atoms with Gasteiger partial charge >= 0.3 is 6.03 Å². The number of sulfonamides is 1. The Morgan fingerprint density at radius 2 is 2.16 bits per heavy atom. The summed E-state index contributed by atoms with van der Waals surface area (Å²) in [7, 11) is -2.05. The van der Waals surface area contributed by atoms with Gasteiger partial charge in [-0.1, -0.05) is 0 Å². The van der Waals surface area contributed by atoms with Crippen molar-refractivity contribution in [3.05, 3.63) is 30.9 Å². The Kier molecular flexibility index (Phi) is 5.80. The molecule has 0 fully saturated rings. The topological polar surface area (TPSA) is 127 Å². The lowest BCUT2D eigenvalue weighted by molar-refractivity contribution is 0.247. The smallest absolute Gasteiger partial charge is 0.319 e. The van der Waals surface area contributed by atoms with E-state index in [4.69, 9.17) is 4.74 Å². The van der Waals surface area contributed by atoms with Crippen LogP contribution in [0.4, 0.5) is 16.2 Å². The third-order valence-electron chi connectivity index (χ3n) is 3.06. The molecule has 136 valence electrons. The zero-order chi connectivity index (χ0) is 18.4. The molecular weight excluding hydrogens is 348 g/mol. The van der Waals surface area contributed by atoms with Gasteiger partial charge in [-0.2, -0.15) is 5.10 Å². The van der Waals surface area contributed by atoms with Crippen molar-refractivity contribution in [2.45, 2.75) is 19.5 Å². The lowest BCUT2D eigenvalue weighted by atomic mass is 10.2. The molecule has 0 aliphatic heterocycles. The standard InChI is InChI=1S/C14H20N6O4S/c1-10(7-20-9-15-8-16-20)17-14(21)18-11-4-5-13(24-2)12(6-11)19-25(3,22)23/h4-6,8-10,19H,7H2,1-3H3,(H2,17,18,21)/t10-/m1/s1. The highest BCUT2D eigenvalue weighted by Gasteiger charge is 2.12. The molecule has 2 rings (SSSR count). The van der Waals surface area contributed by atoms with E-state index in [0.717, 1.165) is 6.26 Å². The molecule has 0 radical (unpaired) electrons. The van der Waals surface area contributed by atoms with Gasteiger partial charge in [-0.25, -0.2) is 18.2 Å². The lowest BCUT2D eigenvalue weighted by Gasteiger charge is -2.16. The minimum atomic E-state index is -3.48. The van der Waals surface area contributed by atoms with E-state index < -0.39 is 16.1 Å². The molecule has 3 N–H and O–H groups in total. The second-order valence-electron chi connectivity index (χ2n) is 5.41. The van der Waals surface area contributed by atoms with Crippen LogP contribution in [0.3, 0.4) is 0 Å². The molecule has 11 heteroatoms. The van der Waals surface area contributed by atoms with Crippen molar-refractivity contribution in [2.24, 2.45) is 0 Å². The summed E-state index contributed by atoms with van der Waals surface area (Å²) in [5.74, 6) is 0.343. The maximum absolute atomic E-state index is 12.1. The molecule has 25 heavy (non-hydrogen) atoms. The van der Waals surface area contributed by atoms with E-state index >= 15 is 0 Å². The van der Waals surface area contributed by atoms with Crippen molar-refractivity contribution >= 4 is 27.4 Å². The fourth-order valence-electron chi connectivity index (χ4n) is 2.11. The first kappa shape index (κ1) is 18.5. The molecule has 0 saturated carbocycles. The SMILES string of the molecule is COc1ccc(NC(=O)N[C@H](C)Cn2cncn2)cc1NS(C)(=O)=O. The Hall–Kier alpha value is -2.82. The predicted octanol–water partition coefficient (Wildman–Crippen LogP) is 0.868. The number of ether oxygens (including phenoxy) is 1. The molecule has 1 aromatic heterocycles. The van der Waals surface area contributed by atoms with Crippen LogP contribution in [0.5, 0.6) is 5.75 Å². The number of amides is 2. The fourth-order valence-corrected chi connectivity index (χ4v) is 2.67. The number of hydrogen-bond acceptors (Lipinski definition) is 6. The largest absolute Gasteiger partial charge is 0.495 e. The van der Waals surface area contributed by atoms with Crippen LogP contribution in [0.1, 0.15) is 6.92 Å². The quantitative estimate of drug-likeness (QED) is 0.665. The third-order valence-corrected chi connectivity index (χ3v) is 3.65. The Morgan fingerprint density at radius 3 is 2.76 bits per heavy atom. The molecule has 0 unspecified atom stereocenters. The highest BCUT2D eigenvalue weighted by Crippen LogP contribution is 2.28. The van der Waals surface area contributed by atoms with E-state index in [2.05, 4.69) is 25.4 Å². The average molecular weight is 368 g/mol. The molecule has 1 aromatic carbocycles. The first-order valence-electron chi connectivity index (χ1n) is 7.32. The zero-order valence-corrected chi connectivity index (χ0v) is 14.9. The average Bonchev–Trinajstić information content (AvgIpc) is 2.98. The van der Waals surface area contributed by atoms with Crippen LogP contribution in [0.15, 0.2) is 30.9 Å². The summed E-state index contributed by atoms with van der Waals surface area (Å²) in [6.07, 6.45) is 4.01. The Bertz CT molecular complexity index is 822. The van der Waals surface area contributed by atoms with Crippen molar-refractivity contribution in [1.82, 2.24) is 20.1 Å². The maximum Gasteiger partial charge on any atom is 0.319 e. The van der Waals surface area contributed by atoms with Crippen LogP contribution >= 0.6 is 0 Å². The highest BCUT2D eigenvalue weighted by atomic mass is 32.2. The normalized spacial score (nSPS) is 12.3. The van der Waals surface area contributed by atoms with Crippen LogP contribution in [-0.4, -0.2) is 48.6 Å². The first-order valence-corrected chi connectivity index (χ1v) is 9.21. The number of carbonyl (C=O) groups excluding carboxylic acids is 1. The van der Waals surface area contributed by atoms with Crippen LogP contribution in [-0.2, 0) is 16.6 Å². The molecule has 1 atom stereocenters. The summed E-state index contributed by atoms with van der Waals surface area (Å²) < 4.78 is 31.9. The minimum absolute atomic E-state index is 0.187. The lowest BCUT2D eigenvalue weighted by Crippen LogP contribution is -2.38. The molecule has 2 amide bonds. The number of methoxy groups -OCH3 is 1. The minimum Gasteiger partial charge on any atom is -0.495 e. The summed E-state index contributed by atoms with van der Waals surface area (Å²) in [4.78, 5) is 15.9. The summed E-state index contributed by atoms with van der Waals surface area (Å²) >= 11 is 0. The molecule has 0 aliphatic carbocycles. The van der Waals surface area contributed by atoms with E-state index in [0.29, 0.717) is 18.0 Å².